The van der Waals surface area contributed by atoms with Crippen LogP contribution < -0.4 is 0 Å². The van der Waals surface area contributed by atoms with Gasteiger partial charge >= 0.3 is 5.97 Å². The molecule has 1 aliphatic heterocycles. The zero-order valence-electron chi connectivity index (χ0n) is 10.4. The molecule has 0 aliphatic carbocycles. The molecule has 1 fully saturated rings. The summed E-state index contributed by atoms with van der Waals surface area (Å²) in [4.78, 5) is 24.3. The van der Waals surface area contributed by atoms with E-state index in [1.54, 1.807) is 11.8 Å². The van der Waals surface area contributed by atoms with Crippen molar-refractivity contribution in [3.8, 4) is 0 Å². The molecule has 1 aliphatic rings. The van der Waals surface area contributed by atoms with Crippen LogP contribution >= 0.6 is 23.4 Å². The van der Waals surface area contributed by atoms with Crippen molar-refractivity contribution in [2.45, 2.75) is 16.5 Å². The summed E-state index contributed by atoms with van der Waals surface area (Å²) in [5.74, 6) is 0.111. The van der Waals surface area contributed by atoms with E-state index in [1.165, 1.54) is 12.0 Å². The Labute approximate surface area is 121 Å². The summed E-state index contributed by atoms with van der Waals surface area (Å²) in [6.07, 6.45) is 0. The van der Waals surface area contributed by atoms with Crippen molar-refractivity contribution >= 4 is 35.2 Å². The van der Waals surface area contributed by atoms with E-state index in [0.717, 1.165) is 11.3 Å². The molecule has 0 bridgehead atoms. The Bertz CT molecular complexity index is 468. The van der Waals surface area contributed by atoms with Crippen molar-refractivity contribution in [1.29, 1.82) is 0 Å². The molecule has 0 saturated carbocycles. The maximum atomic E-state index is 11.6. The van der Waals surface area contributed by atoms with E-state index < -0.39 is 11.3 Å². The lowest BCUT2D eigenvalue weighted by Crippen LogP contribution is -2.62. The first-order valence-electron chi connectivity index (χ1n) is 5.80. The van der Waals surface area contributed by atoms with E-state index in [4.69, 9.17) is 11.6 Å². The molecule has 0 radical (unpaired) electrons. The van der Waals surface area contributed by atoms with Crippen LogP contribution in [0, 0.1) is 0 Å². The highest BCUT2D eigenvalue weighted by atomic mass is 35.5. The molecule has 1 aromatic rings. The van der Waals surface area contributed by atoms with Crippen LogP contribution in [0.5, 0.6) is 0 Å². The molecule has 1 heterocycles. The number of likely N-dealkylation sites (tertiary alicyclic amines) is 1. The standard InChI is InChI=1S/C13H14ClNO3S/c1-18-10(16)7-15-12(17)11(14)13(15)19-8-9-5-3-2-4-6-9/h2-6,11,13H,7-8H2,1H3/t11-,13+/m0/s1. The number of β-lactam (4-membered cyclic amide) rings is 1. The Morgan fingerprint density at radius 3 is 2.74 bits per heavy atom. The predicted molar refractivity (Wildman–Crippen MR) is 74.9 cm³/mol. The van der Waals surface area contributed by atoms with Gasteiger partial charge in [-0.3, -0.25) is 9.59 Å². The van der Waals surface area contributed by atoms with Gasteiger partial charge in [-0.15, -0.1) is 23.4 Å². The van der Waals surface area contributed by atoms with Gasteiger partial charge in [0.15, 0.2) is 0 Å². The van der Waals surface area contributed by atoms with E-state index in [2.05, 4.69) is 4.74 Å². The number of benzene rings is 1. The first kappa shape index (κ1) is 14.2. The van der Waals surface area contributed by atoms with Gasteiger partial charge in [-0.2, -0.15) is 0 Å². The molecule has 2 atom stereocenters. The fraction of sp³-hybridized carbons (Fsp3) is 0.385. The molecule has 102 valence electrons. The van der Waals surface area contributed by atoms with E-state index in [1.807, 2.05) is 30.3 Å². The van der Waals surface area contributed by atoms with Gasteiger partial charge in [-0.05, 0) is 5.56 Å². The summed E-state index contributed by atoms with van der Waals surface area (Å²) < 4.78 is 4.57. The van der Waals surface area contributed by atoms with Gasteiger partial charge in [0, 0.05) is 5.75 Å². The second-order valence-corrected chi connectivity index (χ2v) is 5.71. The monoisotopic (exact) mass is 299 g/mol. The fourth-order valence-electron chi connectivity index (χ4n) is 1.78. The number of hydrogen-bond acceptors (Lipinski definition) is 4. The van der Waals surface area contributed by atoms with Crippen LogP contribution in [0.25, 0.3) is 0 Å². The summed E-state index contributed by atoms with van der Waals surface area (Å²) in [6.45, 7) is -0.0367. The minimum absolute atomic E-state index is 0.0367. The van der Waals surface area contributed by atoms with E-state index >= 15 is 0 Å². The van der Waals surface area contributed by atoms with Gasteiger partial charge in [-0.25, -0.2) is 0 Å². The number of amides is 1. The molecule has 0 spiro atoms. The number of thioether (sulfide) groups is 1. The van der Waals surface area contributed by atoms with Gasteiger partial charge in [0.25, 0.3) is 0 Å². The second-order valence-electron chi connectivity index (χ2n) is 4.13. The Morgan fingerprint density at radius 2 is 2.11 bits per heavy atom. The lowest BCUT2D eigenvalue weighted by molar-refractivity contribution is -0.152. The number of halogens is 1. The number of carbonyl (C=O) groups is 2. The molecule has 2 rings (SSSR count). The third-order valence-electron chi connectivity index (χ3n) is 2.87. The average Bonchev–Trinajstić information content (AvgIpc) is 2.46. The predicted octanol–water partition coefficient (Wildman–Crippen LogP) is 1.87. The number of alkyl halides is 1. The fourth-order valence-corrected chi connectivity index (χ4v) is 3.46. The second kappa shape index (κ2) is 6.30. The molecule has 1 amide bonds. The van der Waals surface area contributed by atoms with E-state index in [0.29, 0.717) is 0 Å². The molecule has 0 aromatic heterocycles. The van der Waals surface area contributed by atoms with E-state index in [9.17, 15) is 9.59 Å². The van der Waals surface area contributed by atoms with Crippen LogP contribution in [0.15, 0.2) is 30.3 Å². The van der Waals surface area contributed by atoms with Crippen molar-refractivity contribution < 1.29 is 14.3 Å². The van der Waals surface area contributed by atoms with Crippen LogP contribution in [-0.4, -0.2) is 41.2 Å². The third-order valence-corrected chi connectivity index (χ3v) is 4.81. The first-order valence-corrected chi connectivity index (χ1v) is 7.29. The lowest BCUT2D eigenvalue weighted by atomic mass is 10.2. The van der Waals surface area contributed by atoms with Crippen LogP contribution in [-0.2, 0) is 20.1 Å². The summed E-state index contributed by atoms with van der Waals surface area (Å²) >= 11 is 7.54. The van der Waals surface area contributed by atoms with Gasteiger partial charge in [0.2, 0.25) is 5.91 Å². The Morgan fingerprint density at radius 1 is 1.42 bits per heavy atom. The normalized spacial score (nSPS) is 22.0. The maximum Gasteiger partial charge on any atom is 0.325 e. The number of rotatable bonds is 5. The topological polar surface area (TPSA) is 46.6 Å². The lowest BCUT2D eigenvalue weighted by Gasteiger charge is -2.43. The largest absolute Gasteiger partial charge is 0.468 e. The Hall–Kier alpha value is -1.20. The van der Waals surface area contributed by atoms with Gasteiger partial charge in [-0.1, -0.05) is 30.3 Å². The number of methoxy groups -OCH3 is 1. The Balaban J connectivity index is 1.91. The highest BCUT2D eigenvalue weighted by Crippen LogP contribution is 2.35. The van der Waals surface area contributed by atoms with E-state index in [-0.39, 0.29) is 17.8 Å². The Kier molecular flexibility index (Phi) is 4.71. The summed E-state index contributed by atoms with van der Waals surface area (Å²) in [6, 6.07) is 9.91. The molecule has 6 heteroatoms. The van der Waals surface area contributed by atoms with Crippen molar-refractivity contribution in [1.82, 2.24) is 4.90 Å². The molecule has 19 heavy (non-hydrogen) atoms. The summed E-state index contributed by atoms with van der Waals surface area (Å²) in [7, 11) is 1.30. The molecule has 1 aromatic carbocycles. The average molecular weight is 300 g/mol. The summed E-state index contributed by atoms with van der Waals surface area (Å²) in [5.41, 5.74) is 1.16. The minimum Gasteiger partial charge on any atom is -0.468 e. The van der Waals surface area contributed by atoms with Crippen molar-refractivity contribution in [3.63, 3.8) is 0 Å². The highest BCUT2D eigenvalue weighted by Gasteiger charge is 2.47. The number of nitrogens with zero attached hydrogens (tertiary/aromatic N) is 1. The maximum absolute atomic E-state index is 11.6. The van der Waals surface area contributed by atoms with Crippen molar-refractivity contribution in [2.75, 3.05) is 13.7 Å². The van der Waals surface area contributed by atoms with Crippen LogP contribution in [0.2, 0.25) is 0 Å². The first-order chi connectivity index (χ1) is 9.13. The smallest absolute Gasteiger partial charge is 0.325 e. The number of ether oxygens (including phenoxy) is 1. The molecule has 0 N–H and O–H groups in total. The van der Waals surface area contributed by atoms with Crippen LogP contribution in [0.3, 0.4) is 0 Å². The molecular formula is C13H14ClNO3S. The number of hydrogen-bond donors (Lipinski definition) is 0. The molecule has 0 unspecified atom stereocenters. The highest BCUT2D eigenvalue weighted by molar-refractivity contribution is 7.99. The quantitative estimate of drug-likeness (QED) is 0.473. The van der Waals surface area contributed by atoms with Gasteiger partial charge in [0.1, 0.15) is 17.3 Å². The van der Waals surface area contributed by atoms with Crippen molar-refractivity contribution in [3.05, 3.63) is 35.9 Å². The zero-order valence-corrected chi connectivity index (χ0v) is 12.0. The summed E-state index contributed by atoms with van der Waals surface area (Å²) in [5, 5.41) is -0.730. The minimum atomic E-state index is -0.557. The van der Waals surface area contributed by atoms with Crippen molar-refractivity contribution in [2.24, 2.45) is 0 Å². The van der Waals surface area contributed by atoms with Crippen LogP contribution in [0.1, 0.15) is 5.56 Å². The zero-order chi connectivity index (χ0) is 13.8. The molecule has 4 nitrogen and oxygen atoms in total. The SMILES string of the molecule is COC(=O)CN1C(=O)[C@H](Cl)[C@H]1SCc1ccccc1. The number of esters is 1. The van der Waals surface area contributed by atoms with Gasteiger partial charge < -0.3 is 9.64 Å². The molecular weight excluding hydrogens is 286 g/mol. The van der Waals surface area contributed by atoms with Gasteiger partial charge in [0.05, 0.1) is 7.11 Å². The molecule has 1 saturated heterocycles. The third kappa shape index (κ3) is 3.22. The van der Waals surface area contributed by atoms with Crippen LogP contribution in [0.4, 0.5) is 0 Å². The number of carbonyl (C=O) groups excluding carboxylic acids is 2.